The van der Waals surface area contributed by atoms with Gasteiger partial charge in [-0.25, -0.2) is 22.7 Å². The van der Waals surface area contributed by atoms with Crippen LogP contribution >= 0.6 is 11.3 Å². The SMILES string of the molecule is CC(C)(C)OC(=O)NCC(Cn1ncn(CCc2ccc(-c3ccc(S(C)(=O)=O)cc3)s2)c1=O)=C(F)F. The molecule has 13 heteroatoms. The van der Waals surface area contributed by atoms with Crippen LogP contribution in [0.3, 0.4) is 0 Å². The number of aryl methyl sites for hydroxylation is 2. The number of aromatic nitrogens is 3. The number of thiophene rings is 1. The monoisotopic (exact) mass is 554 g/mol. The summed E-state index contributed by atoms with van der Waals surface area (Å²) >= 11 is 1.51. The molecule has 0 aliphatic rings. The lowest BCUT2D eigenvalue weighted by Crippen LogP contribution is -2.35. The Morgan fingerprint density at radius 3 is 2.41 bits per heavy atom. The number of halogens is 2. The van der Waals surface area contributed by atoms with Crippen molar-refractivity contribution in [2.24, 2.45) is 0 Å². The van der Waals surface area contributed by atoms with E-state index in [4.69, 9.17) is 4.74 Å². The maximum Gasteiger partial charge on any atom is 0.407 e. The summed E-state index contributed by atoms with van der Waals surface area (Å²) in [6.45, 7) is 4.29. The van der Waals surface area contributed by atoms with Crippen LogP contribution in [0.2, 0.25) is 0 Å². The van der Waals surface area contributed by atoms with E-state index in [0.717, 1.165) is 26.3 Å². The Morgan fingerprint density at radius 1 is 1.14 bits per heavy atom. The summed E-state index contributed by atoms with van der Waals surface area (Å²) in [5.41, 5.74) is -0.905. The number of hydrogen-bond acceptors (Lipinski definition) is 7. The van der Waals surface area contributed by atoms with E-state index in [1.165, 1.54) is 22.2 Å². The minimum absolute atomic E-state index is 0.246. The second-order valence-electron chi connectivity index (χ2n) is 9.30. The van der Waals surface area contributed by atoms with Crippen LogP contribution in [-0.4, -0.2) is 47.3 Å². The number of ether oxygens (including phenoxy) is 1. The highest BCUT2D eigenvalue weighted by Gasteiger charge is 2.18. The largest absolute Gasteiger partial charge is 0.444 e. The summed E-state index contributed by atoms with van der Waals surface area (Å²) in [6.07, 6.45) is 0.106. The Bertz CT molecular complexity index is 1450. The van der Waals surface area contributed by atoms with Gasteiger partial charge in [0, 0.05) is 34.7 Å². The molecule has 0 saturated heterocycles. The average molecular weight is 555 g/mol. The van der Waals surface area contributed by atoms with Gasteiger partial charge in [-0.05, 0) is 57.0 Å². The van der Waals surface area contributed by atoms with Gasteiger partial charge >= 0.3 is 11.8 Å². The Hall–Kier alpha value is -3.32. The van der Waals surface area contributed by atoms with Crippen molar-refractivity contribution in [1.82, 2.24) is 19.7 Å². The molecule has 3 rings (SSSR count). The van der Waals surface area contributed by atoms with Gasteiger partial charge < -0.3 is 10.1 Å². The first-order valence-electron chi connectivity index (χ1n) is 11.2. The molecule has 0 saturated carbocycles. The van der Waals surface area contributed by atoms with E-state index in [2.05, 4.69) is 10.4 Å². The predicted octanol–water partition coefficient (Wildman–Crippen LogP) is 4.09. The Kier molecular flexibility index (Phi) is 8.69. The van der Waals surface area contributed by atoms with Crippen molar-refractivity contribution in [2.45, 2.75) is 50.8 Å². The molecule has 2 heterocycles. The van der Waals surface area contributed by atoms with Gasteiger partial charge in [-0.15, -0.1) is 11.3 Å². The molecule has 0 bridgehead atoms. The first kappa shape index (κ1) is 28.3. The standard InChI is InChI=1S/C24H28F2N4O5S2/c1-24(2,3)35-22(31)27-13-17(21(25)26)14-30-23(32)29(15-28-30)12-11-18-7-10-20(36-18)16-5-8-19(9-6-16)37(4,33)34/h5-10,15H,11-14H2,1-4H3,(H,27,31). The third kappa shape index (κ3) is 8.09. The van der Waals surface area contributed by atoms with E-state index in [9.17, 15) is 26.8 Å². The quantitative estimate of drug-likeness (QED) is 0.426. The third-order valence-electron chi connectivity index (χ3n) is 5.08. The van der Waals surface area contributed by atoms with E-state index in [1.54, 1.807) is 45.0 Å². The van der Waals surface area contributed by atoms with Crippen LogP contribution in [0.4, 0.5) is 13.6 Å². The van der Waals surface area contributed by atoms with Crippen LogP contribution in [0.25, 0.3) is 10.4 Å². The number of benzene rings is 1. The Balaban J connectivity index is 1.61. The van der Waals surface area contributed by atoms with Gasteiger partial charge in [0.2, 0.25) is 0 Å². The molecule has 0 atom stereocenters. The zero-order chi connectivity index (χ0) is 27.4. The number of sulfone groups is 1. The van der Waals surface area contributed by atoms with Gasteiger partial charge in [-0.3, -0.25) is 4.57 Å². The Morgan fingerprint density at radius 2 is 1.81 bits per heavy atom. The molecule has 1 aromatic carbocycles. The van der Waals surface area contributed by atoms with Crippen molar-refractivity contribution < 1.29 is 26.7 Å². The molecule has 0 aliphatic heterocycles. The third-order valence-corrected chi connectivity index (χ3v) is 7.40. The number of carbonyl (C=O) groups is 1. The van der Waals surface area contributed by atoms with Crippen LogP contribution in [0, 0.1) is 0 Å². The first-order valence-corrected chi connectivity index (χ1v) is 13.9. The summed E-state index contributed by atoms with van der Waals surface area (Å²) in [5, 5.41) is 6.19. The van der Waals surface area contributed by atoms with Crippen LogP contribution in [0.15, 0.2) is 64.1 Å². The van der Waals surface area contributed by atoms with Crippen molar-refractivity contribution >= 4 is 27.3 Å². The van der Waals surface area contributed by atoms with Crippen molar-refractivity contribution in [1.29, 1.82) is 0 Å². The van der Waals surface area contributed by atoms with Gasteiger partial charge in [0.15, 0.2) is 9.84 Å². The van der Waals surface area contributed by atoms with E-state index in [0.29, 0.717) is 13.0 Å². The summed E-state index contributed by atoms with van der Waals surface area (Å²) in [4.78, 5) is 26.6. The summed E-state index contributed by atoms with van der Waals surface area (Å²) in [7, 11) is -3.27. The smallest absolute Gasteiger partial charge is 0.407 e. The lowest BCUT2D eigenvalue weighted by molar-refractivity contribution is 0.0531. The van der Waals surface area contributed by atoms with E-state index >= 15 is 0 Å². The summed E-state index contributed by atoms with van der Waals surface area (Å²) in [5.74, 6) is 0. The maximum atomic E-state index is 13.4. The van der Waals surface area contributed by atoms with E-state index in [-0.39, 0.29) is 4.90 Å². The maximum absolute atomic E-state index is 13.4. The van der Waals surface area contributed by atoms with Crippen molar-refractivity contribution in [3.05, 3.63) is 69.7 Å². The number of alkyl carbamates (subject to hydrolysis) is 1. The van der Waals surface area contributed by atoms with Crippen molar-refractivity contribution in [3.63, 3.8) is 0 Å². The molecule has 1 amide bonds. The van der Waals surface area contributed by atoms with Crippen LogP contribution in [0.1, 0.15) is 25.6 Å². The van der Waals surface area contributed by atoms with Crippen LogP contribution in [0.5, 0.6) is 0 Å². The fraction of sp³-hybridized carbons (Fsp3) is 0.375. The molecule has 37 heavy (non-hydrogen) atoms. The minimum Gasteiger partial charge on any atom is -0.444 e. The molecule has 200 valence electrons. The van der Waals surface area contributed by atoms with E-state index < -0.39 is 52.0 Å². The summed E-state index contributed by atoms with van der Waals surface area (Å²) in [6, 6.07) is 10.4. The number of nitrogens with zero attached hydrogens (tertiary/aromatic N) is 3. The van der Waals surface area contributed by atoms with Gasteiger partial charge in [0.1, 0.15) is 11.9 Å². The van der Waals surface area contributed by atoms with Crippen molar-refractivity contribution in [3.8, 4) is 10.4 Å². The molecule has 0 aliphatic carbocycles. The topological polar surface area (TPSA) is 112 Å². The van der Waals surface area contributed by atoms with Crippen molar-refractivity contribution in [2.75, 3.05) is 12.8 Å². The van der Waals surface area contributed by atoms with E-state index in [1.807, 2.05) is 12.1 Å². The average Bonchev–Trinajstić information content (AvgIpc) is 3.40. The molecule has 0 radical (unpaired) electrons. The lowest BCUT2D eigenvalue weighted by Gasteiger charge is -2.19. The minimum atomic E-state index is -3.27. The van der Waals surface area contributed by atoms with Crippen LogP contribution < -0.4 is 11.0 Å². The zero-order valence-corrected chi connectivity index (χ0v) is 22.5. The molecular weight excluding hydrogens is 526 g/mol. The number of hydrogen-bond donors (Lipinski definition) is 1. The number of nitrogens with one attached hydrogen (secondary N) is 1. The number of rotatable bonds is 9. The first-order chi connectivity index (χ1) is 17.2. The second kappa shape index (κ2) is 11.4. The number of amides is 1. The fourth-order valence-electron chi connectivity index (χ4n) is 3.25. The molecule has 0 spiro atoms. The zero-order valence-electron chi connectivity index (χ0n) is 20.8. The highest BCUT2D eigenvalue weighted by Crippen LogP contribution is 2.29. The fourth-order valence-corrected chi connectivity index (χ4v) is 4.89. The normalized spacial score (nSPS) is 11.8. The van der Waals surface area contributed by atoms with Gasteiger partial charge in [-0.1, -0.05) is 12.1 Å². The molecule has 2 aromatic heterocycles. The number of carbonyl (C=O) groups excluding carboxylic acids is 1. The Labute approximate surface area is 217 Å². The van der Waals surface area contributed by atoms with Crippen LogP contribution in [-0.2, 0) is 34.1 Å². The molecule has 0 fully saturated rings. The molecular formula is C24H28F2N4O5S2. The van der Waals surface area contributed by atoms with Gasteiger partial charge in [-0.2, -0.15) is 13.9 Å². The summed E-state index contributed by atoms with van der Waals surface area (Å²) < 4.78 is 57.4. The molecule has 3 aromatic rings. The molecule has 9 nitrogen and oxygen atoms in total. The predicted molar refractivity (Wildman–Crippen MR) is 137 cm³/mol. The highest BCUT2D eigenvalue weighted by molar-refractivity contribution is 7.90. The molecule has 1 N–H and O–H groups in total. The molecule has 0 unspecified atom stereocenters. The second-order valence-corrected chi connectivity index (χ2v) is 12.5. The lowest BCUT2D eigenvalue weighted by atomic mass is 10.2. The van der Waals surface area contributed by atoms with Gasteiger partial charge in [0.25, 0.3) is 6.08 Å². The highest BCUT2D eigenvalue weighted by atomic mass is 32.2. The van der Waals surface area contributed by atoms with Gasteiger partial charge in [0.05, 0.1) is 11.4 Å².